The summed E-state index contributed by atoms with van der Waals surface area (Å²) >= 11 is 1.55. The number of carbonyl (C=O) groups excluding carboxylic acids is 2. The Morgan fingerprint density at radius 3 is 2.57 bits per heavy atom. The number of benzene rings is 1. The van der Waals surface area contributed by atoms with Gasteiger partial charge < -0.3 is 14.5 Å². The first-order chi connectivity index (χ1) is 14.5. The van der Waals surface area contributed by atoms with Crippen LogP contribution in [0.15, 0.2) is 41.1 Å². The molecule has 1 aromatic carbocycles. The second-order valence-electron chi connectivity index (χ2n) is 8.30. The van der Waals surface area contributed by atoms with Gasteiger partial charge in [-0.2, -0.15) is 11.3 Å². The van der Waals surface area contributed by atoms with Crippen molar-refractivity contribution in [2.45, 2.75) is 51.0 Å². The highest BCUT2D eigenvalue weighted by Gasteiger charge is 2.44. The highest BCUT2D eigenvalue weighted by atomic mass is 32.1. The Bertz CT molecular complexity index is 884. The van der Waals surface area contributed by atoms with Gasteiger partial charge >= 0.3 is 0 Å². The maximum absolute atomic E-state index is 12.9. The molecule has 160 valence electrons. The second kappa shape index (κ2) is 8.80. The van der Waals surface area contributed by atoms with Crippen molar-refractivity contribution in [1.82, 2.24) is 9.80 Å². The highest BCUT2D eigenvalue weighted by molar-refractivity contribution is 7.08. The van der Waals surface area contributed by atoms with Crippen LogP contribution < -0.4 is 4.74 Å². The Morgan fingerprint density at radius 2 is 1.90 bits per heavy atom. The van der Waals surface area contributed by atoms with Gasteiger partial charge in [-0.25, -0.2) is 0 Å². The fraction of sp³-hybridized carbons (Fsp3) is 0.500. The predicted molar refractivity (Wildman–Crippen MR) is 119 cm³/mol. The van der Waals surface area contributed by atoms with Crippen molar-refractivity contribution in [3.05, 3.63) is 52.2 Å². The first kappa shape index (κ1) is 20.9. The molecule has 1 spiro atoms. The molecule has 1 fully saturated rings. The van der Waals surface area contributed by atoms with E-state index in [-0.39, 0.29) is 23.3 Å². The minimum absolute atomic E-state index is 0.107. The number of nitrogens with zero attached hydrogens (tertiary/aromatic N) is 2. The van der Waals surface area contributed by atoms with Crippen LogP contribution in [0.25, 0.3) is 0 Å². The van der Waals surface area contributed by atoms with E-state index in [0.717, 1.165) is 49.2 Å². The van der Waals surface area contributed by atoms with Gasteiger partial charge in [0.1, 0.15) is 11.4 Å². The van der Waals surface area contributed by atoms with Crippen LogP contribution in [0.3, 0.4) is 0 Å². The summed E-state index contributed by atoms with van der Waals surface area (Å²) in [5, 5.41) is 3.85. The first-order valence-corrected chi connectivity index (χ1v) is 11.9. The molecule has 5 nitrogen and oxygen atoms in total. The molecule has 30 heavy (non-hydrogen) atoms. The van der Waals surface area contributed by atoms with Gasteiger partial charge in [0, 0.05) is 56.7 Å². The minimum atomic E-state index is -0.298. The number of thiophene rings is 1. The molecule has 0 radical (unpaired) electrons. The molecular formula is C24H30N2O3S. The fourth-order valence-electron chi connectivity index (χ4n) is 4.84. The summed E-state index contributed by atoms with van der Waals surface area (Å²) in [6.07, 6.45) is 2.94. The number of likely N-dealkylation sites (tertiary alicyclic amines) is 1. The average molecular weight is 427 g/mol. The van der Waals surface area contributed by atoms with Crippen molar-refractivity contribution >= 4 is 23.2 Å². The highest BCUT2D eigenvalue weighted by Crippen LogP contribution is 2.46. The standard InChI is InChI=1S/C24H30N2O3S/c1-3-25(4-2)22(27)15-19-16-24(29-21-8-6-5-7-20(19)21)10-12-26(13-11-24)23(28)18-9-14-30-17-18/h5-9,14,17,19H,3-4,10-13,15-16H2,1-2H3/t19-/m1/s1. The number of fused-ring (bicyclic) bond motifs is 1. The van der Waals surface area contributed by atoms with Crippen LogP contribution in [0.4, 0.5) is 0 Å². The number of amides is 2. The molecule has 6 heteroatoms. The van der Waals surface area contributed by atoms with E-state index in [1.54, 1.807) is 11.3 Å². The topological polar surface area (TPSA) is 49.9 Å². The van der Waals surface area contributed by atoms with Crippen molar-refractivity contribution in [2.24, 2.45) is 0 Å². The lowest BCUT2D eigenvalue weighted by Crippen LogP contribution is -2.52. The van der Waals surface area contributed by atoms with E-state index in [0.29, 0.717) is 19.5 Å². The van der Waals surface area contributed by atoms with E-state index in [9.17, 15) is 9.59 Å². The number of piperidine rings is 1. The molecule has 3 heterocycles. The normalized spacial score (nSPS) is 19.8. The molecular weight excluding hydrogens is 396 g/mol. The number of hydrogen-bond acceptors (Lipinski definition) is 4. The zero-order valence-electron chi connectivity index (χ0n) is 17.8. The van der Waals surface area contributed by atoms with E-state index in [1.807, 2.05) is 58.7 Å². The minimum Gasteiger partial charge on any atom is -0.487 e. The van der Waals surface area contributed by atoms with Crippen LogP contribution in [0.2, 0.25) is 0 Å². The summed E-state index contributed by atoms with van der Waals surface area (Å²) in [6.45, 7) is 6.92. The number of para-hydroxylation sites is 1. The maximum Gasteiger partial charge on any atom is 0.254 e. The van der Waals surface area contributed by atoms with Crippen LogP contribution in [0.1, 0.15) is 61.4 Å². The van der Waals surface area contributed by atoms with E-state index < -0.39 is 0 Å². The third-order valence-electron chi connectivity index (χ3n) is 6.57. The molecule has 0 aliphatic carbocycles. The number of rotatable bonds is 5. The van der Waals surface area contributed by atoms with Crippen LogP contribution >= 0.6 is 11.3 Å². The van der Waals surface area contributed by atoms with Crippen molar-refractivity contribution < 1.29 is 14.3 Å². The van der Waals surface area contributed by atoms with Crippen molar-refractivity contribution in [3.8, 4) is 5.75 Å². The largest absolute Gasteiger partial charge is 0.487 e. The summed E-state index contributed by atoms with van der Waals surface area (Å²) < 4.78 is 6.54. The van der Waals surface area contributed by atoms with Gasteiger partial charge in [-0.3, -0.25) is 9.59 Å². The Morgan fingerprint density at radius 1 is 1.17 bits per heavy atom. The maximum atomic E-state index is 12.9. The summed E-state index contributed by atoms with van der Waals surface area (Å²) in [5.41, 5.74) is 1.61. The molecule has 0 bridgehead atoms. The van der Waals surface area contributed by atoms with E-state index in [1.165, 1.54) is 0 Å². The molecule has 2 aliphatic rings. The number of hydrogen-bond donors (Lipinski definition) is 0. The first-order valence-electron chi connectivity index (χ1n) is 10.9. The van der Waals surface area contributed by atoms with Gasteiger partial charge in [-0.15, -0.1) is 0 Å². The third-order valence-corrected chi connectivity index (χ3v) is 7.25. The smallest absolute Gasteiger partial charge is 0.254 e. The summed E-state index contributed by atoms with van der Waals surface area (Å²) in [5.74, 6) is 1.37. The van der Waals surface area contributed by atoms with Crippen LogP contribution in [-0.2, 0) is 4.79 Å². The predicted octanol–water partition coefficient (Wildman–Crippen LogP) is 4.55. The SMILES string of the molecule is CCN(CC)C(=O)C[C@@H]1CC2(CCN(C(=O)c3ccsc3)CC2)Oc2ccccc21. The second-order valence-corrected chi connectivity index (χ2v) is 9.08. The Balaban J connectivity index is 1.50. The lowest BCUT2D eigenvalue weighted by molar-refractivity contribution is -0.131. The molecule has 2 amide bonds. The van der Waals surface area contributed by atoms with Crippen molar-refractivity contribution in [3.63, 3.8) is 0 Å². The molecule has 4 rings (SSSR count). The number of carbonyl (C=O) groups is 2. The molecule has 1 aromatic heterocycles. The van der Waals surface area contributed by atoms with E-state index >= 15 is 0 Å². The van der Waals surface area contributed by atoms with Crippen LogP contribution in [-0.4, -0.2) is 53.4 Å². The zero-order valence-corrected chi connectivity index (χ0v) is 18.6. The lowest BCUT2D eigenvalue weighted by Gasteiger charge is -2.47. The van der Waals surface area contributed by atoms with Gasteiger partial charge in [0.25, 0.3) is 5.91 Å². The summed E-state index contributed by atoms with van der Waals surface area (Å²) in [4.78, 5) is 29.4. The molecule has 0 N–H and O–H groups in total. The Kier molecular flexibility index (Phi) is 6.14. The van der Waals surface area contributed by atoms with Gasteiger partial charge in [-0.05, 0) is 43.3 Å². The van der Waals surface area contributed by atoms with Gasteiger partial charge in [0.2, 0.25) is 5.91 Å². The van der Waals surface area contributed by atoms with Crippen LogP contribution in [0.5, 0.6) is 5.75 Å². The quantitative estimate of drug-likeness (QED) is 0.705. The van der Waals surface area contributed by atoms with Gasteiger partial charge in [-0.1, -0.05) is 18.2 Å². The molecule has 0 unspecified atom stereocenters. The summed E-state index contributed by atoms with van der Waals surface area (Å²) in [6, 6.07) is 10.0. The fourth-order valence-corrected chi connectivity index (χ4v) is 5.46. The van der Waals surface area contributed by atoms with Gasteiger partial charge in [0.05, 0.1) is 5.56 Å². The molecule has 0 saturated carbocycles. The zero-order chi connectivity index (χ0) is 21.1. The van der Waals surface area contributed by atoms with Gasteiger partial charge in [0.15, 0.2) is 0 Å². The average Bonchev–Trinajstić information content (AvgIpc) is 3.30. The van der Waals surface area contributed by atoms with Crippen molar-refractivity contribution in [2.75, 3.05) is 26.2 Å². The molecule has 1 atom stereocenters. The Labute approximate surface area is 182 Å². The number of ether oxygens (including phenoxy) is 1. The Hall–Kier alpha value is -2.34. The molecule has 2 aromatic rings. The molecule has 1 saturated heterocycles. The monoisotopic (exact) mass is 426 g/mol. The molecule has 2 aliphatic heterocycles. The van der Waals surface area contributed by atoms with Crippen LogP contribution in [0, 0.1) is 0 Å². The van der Waals surface area contributed by atoms with Crippen molar-refractivity contribution in [1.29, 1.82) is 0 Å². The summed E-state index contributed by atoms with van der Waals surface area (Å²) in [7, 11) is 0. The van der Waals surface area contributed by atoms with E-state index in [2.05, 4.69) is 6.07 Å². The third kappa shape index (κ3) is 4.10. The van der Waals surface area contributed by atoms with E-state index in [4.69, 9.17) is 4.74 Å². The lowest BCUT2D eigenvalue weighted by atomic mass is 9.76.